The zero-order valence-electron chi connectivity index (χ0n) is 12.4. The SMILES string of the molecule is CC(C)n1c(C(CN)c2ccccc2)nc2cnccc21. The van der Waals surface area contributed by atoms with E-state index in [0.717, 1.165) is 16.9 Å². The average Bonchev–Trinajstić information content (AvgIpc) is 2.88. The molecule has 2 heterocycles. The molecule has 21 heavy (non-hydrogen) atoms. The summed E-state index contributed by atoms with van der Waals surface area (Å²) in [5, 5.41) is 0. The summed E-state index contributed by atoms with van der Waals surface area (Å²) in [6, 6.07) is 12.7. The Morgan fingerprint density at radius 3 is 2.57 bits per heavy atom. The molecule has 4 nitrogen and oxygen atoms in total. The number of fused-ring (bicyclic) bond motifs is 1. The molecule has 3 rings (SSSR count). The third kappa shape index (κ3) is 2.43. The third-order valence-corrected chi connectivity index (χ3v) is 3.78. The molecule has 0 aliphatic heterocycles. The second-order valence-corrected chi connectivity index (χ2v) is 5.50. The lowest BCUT2D eigenvalue weighted by atomic mass is 9.98. The number of hydrogen-bond acceptors (Lipinski definition) is 3. The zero-order valence-corrected chi connectivity index (χ0v) is 12.4. The quantitative estimate of drug-likeness (QED) is 0.799. The minimum atomic E-state index is 0.0981. The minimum absolute atomic E-state index is 0.0981. The van der Waals surface area contributed by atoms with Gasteiger partial charge in [-0.25, -0.2) is 4.98 Å². The first-order valence-corrected chi connectivity index (χ1v) is 7.29. The van der Waals surface area contributed by atoms with Crippen molar-refractivity contribution in [3.8, 4) is 0 Å². The standard InChI is InChI=1S/C17H20N4/c1-12(2)21-16-8-9-19-11-15(16)20-17(21)14(10-18)13-6-4-3-5-7-13/h3-9,11-12,14H,10,18H2,1-2H3. The number of imidazole rings is 1. The van der Waals surface area contributed by atoms with Crippen LogP contribution in [-0.4, -0.2) is 21.1 Å². The lowest BCUT2D eigenvalue weighted by Crippen LogP contribution is -2.19. The van der Waals surface area contributed by atoms with Crippen molar-refractivity contribution >= 4 is 11.0 Å². The molecule has 3 aromatic rings. The highest BCUT2D eigenvalue weighted by atomic mass is 15.1. The molecule has 0 saturated heterocycles. The van der Waals surface area contributed by atoms with Gasteiger partial charge in [-0.15, -0.1) is 0 Å². The topological polar surface area (TPSA) is 56.7 Å². The van der Waals surface area contributed by atoms with Crippen LogP contribution in [0.2, 0.25) is 0 Å². The molecule has 2 N–H and O–H groups in total. The Morgan fingerprint density at radius 2 is 1.90 bits per heavy atom. The van der Waals surface area contributed by atoms with E-state index in [1.165, 1.54) is 5.56 Å². The van der Waals surface area contributed by atoms with E-state index in [1.807, 2.05) is 36.7 Å². The highest BCUT2D eigenvalue weighted by Gasteiger charge is 2.22. The van der Waals surface area contributed by atoms with Gasteiger partial charge in [0.1, 0.15) is 11.3 Å². The molecule has 1 aromatic carbocycles. The summed E-state index contributed by atoms with van der Waals surface area (Å²) in [4.78, 5) is 8.98. The van der Waals surface area contributed by atoms with Crippen molar-refractivity contribution in [2.24, 2.45) is 5.73 Å². The summed E-state index contributed by atoms with van der Waals surface area (Å²) in [6.07, 6.45) is 3.63. The maximum atomic E-state index is 6.06. The fourth-order valence-corrected chi connectivity index (χ4v) is 2.83. The van der Waals surface area contributed by atoms with Crippen LogP contribution >= 0.6 is 0 Å². The Bertz CT molecular complexity index is 731. The summed E-state index contributed by atoms with van der Waals surface area (Å²) in [5.41, 5.74) is 9.30. The van der Waals surface area contributed by atoms with Crippen LogP contribution in [-0.2, 0) is 0 Å². The molecule has 0 aliphatic rings. The van der Waals surface area contributed by atoms with E-state index in [-0.39, 0.29) is 5.92 Å². The largest absolute Gasteiger partial charge is 0.329 e. The lowest BCUT2D eigenvalue weighted by molar-refractivity contribution is 0.564. The lowest BCUT2D eigenvalue weighted by Gasteiger charge is -2.19. The van der Waals surface area contributed by atoms with Gasteiger partial charge in [-0.3, -0.25) is 4.98 Å². The van der Waals surface area contributed by atoms with Crippen LogP contribution in [0.5, 0.6) is 0 Å². The first kappa shape index (κ1) is 13.8. The second-order valence-electron chi connectivity index (χ2n) is 5.50. The number of pyridine rings is 1. The first-order valence-electron chi connectivity index (χ1n) is 7.29. The molecular formula is C17H20N4. The zero-order chi connectivity index (χ0) is 14.8. The molecule has 0 spiro atoms. The van der Waals surface area contributed by atoms with E-state index in [9.17, 15) is 0 Å². The number of nitrogens with two attached hydrogens (primary N) is 1. The van der Waals surface area contributed by atoms with Gasteiger partial charge in [0.05, 0.1) is 17.6 Å². The summed E-state index contributed by atoms with van der Waals surface area (Å²) in [5.74, 6) is 1.11. The number of hydrogen-bond donors (Lipinski definition) is 1. The van der Waals surface area contributed by atoms with Crippen LogP contribution in [0, 0.1) is 0 Å². The van der Waals surface area contributed by atoms with E-state index < -0.39 is 0 Å². The van der Waals surface area contributed by atoms with Gasteiger partial charge in [0.2, 0.25) is 0 Å². The van der Waals surface area contributed by atoms with Gasteiger partial charge < -0.3 is 10.3 Å². The maximum absolute atomic E-state index is 6.06. The van der Waals surface area contributed by atoms with Gasteiger partial charge in [-0.2, -0.15) is 0 Å². The molecule has 0 bridgehead atoms. The monoisotopic (exact) mass is 280 g/mol. The first-order chi connectivity index (χ1) is 10.2. The van der Waals surface area contributed by atoms with E-state index >= 15 is 0 Å². The molecule has 0 amide bonds. The van der Waals surface area contributed by atoms with Crippen molar-refractivity contribution in [3.63, 3.8) is 0 Å². The van der Waals surface area contributed by atoms with E-state index in [1.54, 1.807) is 0 Å². The molecular weight excluding hydrogens is 260 g/mol. The van der Waals surface area contributed by atoms with Gasteiger partial charge in [-0.05, 0) is 25.5 Å². The average molecular weight is 280 g/mol. The Morgan fingerprint density at radius 1 is 1.14 bits per heavy atom. The summed E-state index contributed by atoms with van der Waals surface area (Å²) in [7, 11) is 0. The molecule has 0 aliphatic carbocycles. The molecule has 108 valence electrons. The van der Waals surface area contributed by atoms with E-state index in [0.29, 0.717) is 12.6 Å². The highest BCUT2D eigenvalue weighted by molar-refractivity contribution is 5.75. The van der Waals surface area contributed by atoms with Gasteiger partial charge in [-0.1, -0.05) is 30.3 Å². The van der Waals surface area contributed by atoms with Crippen molar-refractivity contribution < 1.29 is 0 Å². The molecule has 2 aromatic heterocycles. The Labute approximate surface area is 124 Å². The van der Waals surface area contributed by atoms with Crippen LogP contribution in [0.3, 0.4) is 0 Å². The van der Waals surface area contributed by atoms with Crippen molar-refractivity contribution in [2.45, 2.75) is 25.8 Å². The summed E-state index contributed by atoms with van der Waals surface area (Å²) < 4.78 is 2.27. The number of rotatable bonds is 4. The number of aromatic nitrogens is 3. The third-order valence-electron chi connectivity index (χ3n) is 3.78. The van der Waals surface area contributed by atoms with Crippen molar-refractivity contribution in [1.29, 1.82) is 0 Å². The minimum Gasteiger partial charge on any atom is -0.329 e. The maximum Gasteiger partial charge on any atom is 0.119 e. The van der Waals surface area contributed by atoms with Crippen molar-refractivity contribution in [1.82, 2.24) is 14.5 Å². The van der Waals surface area contributed by atoms with E-state index in [2.05, 4.69) is 35.5 Å². The molecule has 0 radical (unpaired) electrons. The van der Waals surface area contributed by atoms with Crippen molar-refractivity contribution in [3.05, 3.63) is 60.2 Å². The molecule has 1 atom stereocenters. The van der Waals surface area contributed by atoms with Crippen LogP contribution in [0.15, 0.2) is 48.8 Å². The Balaban J connectivity index is 2.20. The summed E-state index contributed by atoms with van der Waals surface area (Å²) in [6.45, 7) is 4.88. The Hall–Kier alpha value is -2.20. The molecule has 4 heteroatoms. The van der Waals surface area contributed by atoms with E-state index in [4.69, 9.17) is 10.7 Å². The predicted molar refractivity (Wildman–Crippen MR) is 85.3 cm³/mol. The fourth-order valence-electron chi connectivity index (χ4n) is 2.83. The van der Waals surface area contributed by atoms with Gasteiger partial charge in [0, 0.05) is 18.8 Å². The van der Waals surface area contributed by atoms with Crippen molar-refractivity contribution in [2.75, 3.05) is 6.54 Å². The van der Waals surface area contributed by atoms with Crippen LogP contribution < -0.4 is 5.73 Å². The predicted octanol–water partition coefficient (Wildman–Crippen LogP) is 3.10. The van der Waals surface area contributed by atoms with Gasteiger partial charge >= 0.3 is 0 Å². The molecule has 0 saturated carbocycles. The molecule has 0 fully saturated rings. The second kappa shape index (κ2) is 5.66. The Kier molecular flexibility index (Phi) is 3.71. The molecule has 1 unspecified atom stereocenters. The normalized spacial score (nSPS) is 13.0. The van der Waals surface area contributed by atoms with Crippen LogP contribution in [0.25, 0.3) is 11.0 Å². The number of nitrogens with zero attached hydrogens (tertiary/aromatic N) is 3. The number of benzene rings is 1. The van der Waals surface area contributed by atoms with Gasteiger partial charge in [0.15, 0.2) is 0 Å². The highest BCUT2D eigenvalue weighted by Crippen LogP contribution is 2.29. The smallest absolute Gasteiger partial charge is 0.119 e. The fraction of sp³-hybridized carbons (Fsp3) is 0.294. The van der Waals surface area contributed by atoms with Crippen LogP contribution in [0.1, 0.15) is 37.2 Å². The van der Waals surface area contributed by atoms with Gasteiger partial charge in [0.25, 0.3) is 0 Å². The van der Waals surface area contributed by atoms with Crippen LogP contribution in [0.4, 0.5) is 0 Å². The summed E-state index contributed by atoms with van der Waals surface area (Å²) >= 11 is 0.